The molecule has 0 saturated carbocycles. The maximum atomic E-state index is 5.46. The molecule has 0 bridgehead atoms. The second-order valence-corrected chi connectivity index (χ2v) is 3.79. The van der Waals surface area contributed by atoms with Gasteiger partial charge < -0.3 is 10.1 Å². The van der Waals surface area contributed by atoms with Gasteiger partial charge in [0, 0.05) is 12.2 Å². The maximum absolute atomic E-state index is 5.46. The number of rotatable bonds is 7. The lowest BCUT2D eigenvalue weighted by molar-refractivity contribution is 0.337. The van der Waals surface area contributed by atoms with Crippen LogP contribution in [0.25, 0.3) is 0 Å². The van der Waals surface area contributed by atoms with Crippen molar-refractivity contribution in [3.8, 4) is 5.75 Å². The molecule has 1 unspecified atom stereocenters. The summed E-state index contributed by atoms with van der Waals surface area (Å²) >= 11 is 0. The van der Waals surface area contributed by atoms with E-state index in [2.05, 4.69) is 30.2 Å². The normalized spacial score (nSPS) is 12.4. The van der Waals surface area contributed by atoms with Crippen LogP contribution in [0.2, 0.25) is 0 Å². The molecule has 0 saturated heterocycles. The van der Waals surface area contributed by atoms with Crippen LogP contribution in [0.3, 0.4) is 0 Å². The summed E-state index contributed by atoms with van der Waals surface area (Å²) in [4.78, 5) is 4.22. The monoisotopic (exact) mass is 222 g/mol. The van der Waals surface area contributed by atoms with Crippen LogP contribution < -0.4 is 10.1 Å². The molecule has 0 spiro atoms. The third kappa shape index (κ3) is 3.81. The van der Waals surface area contributed by atoms with E-state index in [4.69, 9.17) is 4.74 Å². The van der Waals surface area contributed by atoms with Gasteiger partial charge in [-0.15, -0.1) is 0 Å². The molecule has 0 aliphatic rings. The zero-order valence-corrected chi connectivity index (χ0v) is 10.5. The van der Waals surface area contributed by atoms with Gasteiger partial charge in [0.25, 0.3) is 0 Å². The molecule has 1 atom stereocenters. The van der Waals surface area contributed by atoms with Gasteiger partial charge in [-0.2, -0.15) is 0 Å². The first-order valence-electron chi connectivity index (χ1n) is 6.12. The molecule has 90 valence electrons. The summed E-state index contributed by atoms with van der Waals surface area (Å²) in [5.74, 6) is 0.860. The number of nitrogens with zero attached hydrogens (tertiary/aromatic N) is 1. The molecule has 1 N–H and O–H groups in total. The van der Waals surface area contributed by atoms with Gasteiger partial charge in [-0.1, -0.05) is 20.3 Å². The molecular weight excluding hydrogens is 200 g/mol. The number of ether oxygens (including phenoxy) is 1. The summed E-state index contributed by atoms with van der Waals surface area (Å²) in [6, 6.07) is 2.47. The Hall–Kier alpha value is -1.09. The quantitative estimate of drug-likeness (QED) is 0.770. The number of hydrogen-bond acceptors (Lipinski definition) is 3. The molecular formula is C13H22N2O. The number of nitrogens with one attached hydrogen (secondary N) is 1. The molecule has 0 amide bonds. The minimum absolute atomic E-state index is 0.392. The van der Waals surface area contributed by atoms with Crippen LogP contribution in [-0.2, 0) is 0 Å². The molecule has 1 aromatic heterocycles. The smallest absolute Gasteiger partial charge is 0.137 e. The Balaban J connectivity index is 2.77. The van der Waals surface area contributed by atoms with Crippen LogP contribution in [0.4, 0.5) is 0 Å². The first-order chi connectivity index (χ1) is 7.81. The molecule has 16 heavy (non-hydrogen) atoms. The standard InChI is InChI=1S/C13H22N2O/c1-4-7-13(15-5-2)11-8-12(16-6-3)10-14-9-11/h8-10,13,15H,4-7H2,1-3H3. The van der Waals surface area contributed by atoms with Crippen LogP contribution in [0.15, 0.2) is 18.5 Å². The van der Waals surface area contributed by atoms with Gasteiger partial charge in [0.2, 0.25) is 0 Å². The summed E-state index contributed by atoms with van der Waals surface area (Å²) in [5.41, 5.74) is 1.22. The first-order valence-corrected chi connectivity index (χ1v) is 6.12. The second kappa shape index (κ2) is 7.23. The molecule has 0 aromatic carbocycles. The predicted octanol–water partition coefficient (Wildman–Crippen LogP) is 2.93. The summed E-state index contributed by atoms with van der Waals surface area (Å²) in [6.45, 7) is 7.97. The lowest BCUT2D eigenvalue weighted by atomic mass is 10.0. The Morgan fingerprint density at radius 1 is 1.31 bits per heavy atom. The second-order valence-electron chi connectivity index (χ2n) is 3.79. The van der Waals surface area contributed by atoms with Crippen molar-refractivity contribution in [2.75, 3.05) is 13.2 Å². The fraction of sp³-hybridized carbons (Fsp3) is 0.615. The minimum atomic E-state index is 0.392. The van der Waals surface area contributed by atoms with E-state index in [0.29, 0.717) is 12.6 Å². The van der Waals surface area contributed by atoms with Crippen molar-refractivity contribution < 1.29 is 4.74 Å². The van der Waals surface area contributed by atoms with Gasteiger partial charge in [0.15, 0.2) is 0 Å². The maximum Gasteiger partial charge on any atom is 0.137 e. The van der Waals surface area contributed by atoms with E-state index in [0.717, 1.165) is 25.1 Å². The van der Waals surface area contributed by atoms with E-state index in [1.807, 2.05) is 13.1 Å². The Morgan fingerprint density at radius 2 is 2.12 bits per heavy atom. The van der Waals surface area contributed by atoms with Gasteiger partial charge >= 0.3 is 0 Å². The highest BCUT2D eigenvalue weighted by atomic mass is 16.5. The van der Waals surface area contributed by atoms with Crippen molar-refractivity contribution in [3.63, 3.8) is 0 Å². The summed E-state index contributed by atoms with van der Waals surface area (Å²) < 4.78 is 5.46. The van der Waals surface area contributed by atoms with Crippen LogP contribution >= 0.6 is 0 Å². The molecule has 3 nitrogen and oxygen atoms in total. The predicted molar refractivity (Wildman–Crippen MR) is 66.7 cm³/mol. The third-order valence-electron chi connectivity index (χ3n) is 2.48. The van der Waals surface area contributed by atoms with E-state index in [9.17, 15) is 0 Å². The van der Waals surface area contributed by atoms with Crippen LogP contribution in [-0.4, -0.2) is 18.1 Å². The molecule has 0 fully saturated rings. The van der Waals surface area contributed by atoms with Gasteiger partial charge in [-0.05, 0) is 31.5 Å². The number of aromatic nitrogens is 1. The summed E-state index contributed by atoms with van der Waals surface area (Å²) in [6.07, 6.45) is 5.98. The van der Waals surface area contributed by atoms with E-state index < -0.39 is 0 Å². The van der Waals surface area contributed by atoms with Crippen molar-refractivity contribution in [2.45, 2.75) is 39.7 Å². The van der Waals surface area contributed by atoms with Gasteiger partial charge in [0.05, 0.1) is 12.8 Å². The fourth-order valence-corrected chi connectivity index (χ4v) is 1.79. The summed E-state index contributed by atoms with van der Waals surface area (Å²) in [5, 5.41) is 3.47. The van der Waals surface area contributed by atoms with Gasteiger partial charge in [-0.3, -0.25) is 4.98 Å². The van der Waals surface area contributed by atoms with E-state index in [-0.39, 0.29) is 0 Å². The third-order valence-corrected chi connectivity index (χ3v) is 2.48. The molecule has 1 heterocycles. The molecule has 1 rings (SSSR count). The molecule has 0 aliphatic carbocycles. The van der Waals surface area contributed by atoms with Crippen LogP contribution in [0.5, 0.6) is 5.75 Å². The first kappa shape index (κ1) is 13.0. The largest absolute Gasteiger partial charge is 0.492 e. The van der Waals surface area contributed by atoms with Crippen molar-refractivity contribution in [1.29, 1.82) is 0 Å². The summed E-state index contributed by atoms with van der Waals surface area (Å²) in [7, 11) is 0. The van der Waals surface area contributed by atoms with Crippen molar-refractivity contribution in [1.82, 2.24) is 10.3 Å². The van der Waals surface area contributed by atoms with Gasteiger partial charge in [-0.25, -0.2) is 0 Å². The lowest BCUT2D eigenvalue weighted by Crippen LogP contribution is -2.20. The van der Waals surface area contributed by atoms with Crippen molar-refractivity contribution in [3.05, 3.63) is 24.0 Å². The average Bonchev–Trinajstić information content (AvgIpc) is 2.30. The Bertz CT molecular complexity index is 296. The Labute approximate surface area is 98.2 Å². The van der Waals surface area contributed by atoms with Crippen LogP contribution in [0.1, 0.15) is 45.2 Å². The Kier molecular flexibility index (Phi) is 5.86. The topological polar surface area (TPSA) is 34.2 Å². The number of pyridine rings is 1. The van der Waals surface area contributed by atoms with E-state index in [1.54, 1.807) is 6.20 Å². The highest BCUT2D eigenvalue weighted by Gasteiger charge is 2.10. The van der Waals surface area contributed by atoms with E-state index >= 15 is 0 Å². The zero-order valence-electron chi connectivity index (χ0n) is 10.5. The lowest BCUT2D eigenvalue weighted by Gasteiger charge is -2.17. The average molecular weight is 222 g/mol. The van der Waals surface area contributed by atoms with Gasteiger partial charge in [0.1, 0.15) is 5.75 Å². The van der Waals surface area contributed by atoms with Crippen molar-refractivity contribution >= 4 is 0 Å². The fourth-order valence-electron chi connectivity index (χ4n) is 1.79. The minimum Gasteiger partial charge on any atom is -0.492 e. The molecule has 3 heteroatoms. The highest BCUT2D eigenvalue weighted by Crippen LogP contribution is 2.21. The molecule has 0 radical (unpaired) electrons. The molecule has 1 aromatic rings. The van der Waals surface area contributed by atoms with Crippen molar-refractivity contribution in [2.24, 2.45) is 0 Å². The number of hydrogen-bond donors (Lipinski definition) is 1. The Morgan fingerprint density at radius 3 is 2.75 bits per heavy atom. The van der Waals surface area contributed by atoms with Crippen LogP contribution in [0, 0.1) is 0 Å². The van der Waals surface area contributed by atoms with E-state index in [1.165, 1.54) is 5.56 Å². The molecule has 0 aliphatic heterocycles. The highest BCUT2D eigenvalue weighted by molar-refractivity contribution is 5.26. The zero-order chi connectivity index (χ0) is 11.8. The SMILES string of the molecule is CCCC(NCC)c1cncc(OCC)c1.